The minimum Gasteiger partial charge on any atom is -0.393 e. The number of hydrogen-bond acceptors (Lipinski definition) is 2. The van der Waals surface area contributed by atoms with Crippen LogP contribution in [0.5, 0.6) is 0 Å². The molecule has 0 rings (SSSR count). The van der Waals surface area contributed by atoms with Crippen LogP contribution in [0.25, 0.3) is 0 Å². The lowest BCUT2D eigenvalue weighted by molar-refractivity contribution is -0.125. The van der Waals surface area contributed by atoms with Crippen molar-refractivity contribution >= 4 is 5.78 Å². The van der Waals surface area contributed by atoms with E-state index in [4.69, 9.17) is 0 Å². The van der Waals surface area contributed by atoms with E-state index >= 15 is 0 Å². The Bertz CT molecular complexity index is 199. The summed E-state index contributed by atoms with van der Waals surface area (Å²) in [6.45, 7) is 7.71. The Morgan fingerprint density at radius 3 is 2.36 bits per heavy atom. The largest absolute Gasteiger partial charge is 0.393 e. The fraction of sp³-hybridized carbons (Fsp3) is 0.750. The summed E-state index contributed by atoms with van der Waals surface area (Å²) >= 11 is 0. The van der Waals surface area contributed by atoms with Crippen molar-refractivity contribution in [1.29, 1.82) is 0 Å². The Morgan fingerprint density at radius 1 is 1.36 bits per heavy atom. The van der Waals surface area contributed by atoms with Crippen molar-refractivity contribution in [3.8, 4) is 0 Å². The number of hydrogen-bond donors (Lipinski definition) is 1. The van der Waals surface area contributed by atoms with Crippen LogP contribution in [-0.4, -0.2) is 17.0 Å². The molecule has 0 aromatic heterocycles. The summed E-state index contributed by atoms with van der Waals surface area (Å²) in [5, 5.41) is 9.25. The van der Waals surface area contributed by atoms with Crippen LogP contribution in [0.15, 0.2) is 12.2 Å². The maximum atomic E-state index is 11.5. The van der Waals surface area contributed by atoms with Crippen LogP contribution in [0.2, 0.25) is 0 Å². The van der Waals surface area contributed by atoms with Gasteiger partial charge in [-0.25, -0.2) is 0 Å². The zero-order valence-electron chi connectivity index (χ0n) is 9.71. The summed E-state index contributed by atoms with van der Waals surface area (Å²) in [6, 6.07) is 0. The highest BCUT2D eigenvalue weighted by Crippen LogP contribution is 2.16. The zero-order chi connectivity index (χ0) is 11.2. The standard InChI is InChI=1S/C12H22O2/c1-5-10(13)8-6-7-9-11(14)12(2,3)4/h6-7,10,13H,5,8-9H2,1-4H3/b7-6+. The van der Waals surface area contributed by atoms with Crippen molar-refractivity contribution in [1.82, 2.24) is 0 Å². The fourth-order valence-corrected chi connectivity index (χ4v) is 0.917. The number of ketones is 1. The zero-order valence-corrected chi connectivity index (χ0v) is 9.71. The van der Waals surface area contributed by atoms with Gasteiger partial charge in [0.15, 0.2) is 0 Å². The molecular formula is C12H22O2. The highest BCUT2D eigenvalue weighted by Gasteiger charge is 2.18. The van der Waals surface area contributed by atoms with E-state index in [1.807, 2.05) is 39.8 Å². The van der Waals surface area contributed by atoms with Gasteiger partial charge in [0.1, 0.15) is 5.78 Å². The van der Waals surface area contributed by atoms with E-state index in [1.54, 1.807) is 0 Å². The van der Waals surface area contributed by atoms with E-state index in [-0.39, 0.29) is 17.3 Å². The molecule has 2 heteroatoms. The molecule has 1 unspecified atom stereocenters. The van der Waals surface area contributed by atoms with Crippen LogP contribution in [0, 0.1) is 5.41 Å². The molecule has 0 aromatic rings. The molecular weight excluding hydrogens is 176 g/mol. The van der Waals surface area contributed by atoms with E-state index in [1.165, 1.54) is 0 Å². The topological polar surface area (TPSA) is 37.3 Å². The fourth-order valence-electron chi connectivity index (χ4n) is 0.917. The number of rotatable bonds is 5. The predicted molar refractivity (Wildman–Crippen MR) is 59.1 cm³/mol. The van der Waals surface area contributed by atoms with E-state index in [0.29, 0.717) is 12.8 Å². The molecule has 14 heavy (non-hydrogen) atoms. The normalized spacial score (nSPS) is 14.6. The van der Waals surface area contributed by atoms with Crippen LogP contribution in [0.3, 0.4) is 0 Å². The number of carbonyl (C=O) groups excluding carboxylic acids is 1. The highest BCUT2D eigenvalue weighted by atomic mass is 16.3. The first-order valence-electron chi connectivity index (χ1n) is 5.24. The molecule has 0 radical (unpaired) electrons. The van der Waals surface area contributed by atoms with Crippen LogP contribution in [0.4, 0.5) is 0 Å². The summed E-state index contributed by atoms with van der Waals surface area (Å²) < 4.78 is 0. The molecule has 0 saturated heterocycles. The summed E-state index contributed by atoms with van der Waals surface area (Å²) in [5.41, 5.74) is -0.256. The van der Waals surface area contributed by atoms with E-state index in [2.05, 4.69) is 0 Å². The van der Waals surface area contributed by atoms with E-state index in [0.717, 1.165) is 6.42 Å². The first kappa shape index (κ1) is 13.4. The van der Waals surface area contributed by atoms with Crippen molar-refractivity contribution in [2.24, 2.45) is 5.41 Å². The molecule has 82 valence electrons. The van der Waals surface area contributed by atoms with Crippen LogP contribution in [-0.2, 0) is 4.79 Å². The van der Waals surface area contributed by atoms with Crippen molar-refractivity contribution < 1.29 is 9.90 Å². The predicted octanol–water partition coefficient (Wildman–Crippen LogP) is 2.71. The van der Waals surface area contributed by atoms with Crippen molar-refractivity contribution in [2.45, 2.75) is 53.1 Å². The summed E-state index contributed by atoms with van der Waals surface area (Å²) in [4.78, 5) is 11.5. The SMILES string of the molecule is CCC(O)C/C=C/CC(=O)C(C)(C)C. The average molecular weight is 198 g/mol. The first-order chi connectivity index (χ1) is 6.38. The maximum absolute atomic E-state index is 11.5. The number of aliphatic hydroxyl groups excluding tert-OH is 1. The van der Waals surface area contributed by atoms with Crippen LogP contribution >= 0.6 is 0 Å². The van der Waals surface area contributed by atoms with Gasteiger partial charge in [-0.05, 0) is 12.8 Å². The van der Waals surface area contributed by atoms with Gasteiger partial charge in [0, 0.05) is 11.8 Å². The van der Waals surface area contributed by atoms with Gasteiger partial charge in [0.25, 0.3) is 0 Å². The Balaban J connectivity index is 3.78. The number of carbonyl (C=O) groups is 1. The second-order valence-corrected chi connectivity index (χ2v) is 4.65. The third-order valence-corrected chi connectivity index (χ3v) is 2.19. The minimum atomic E-state index is -0.268. The number of Topliss-reactive ketones (excluding diaryl/α,β-unsaturated/α-hetero) is 1. The third-order valence-electron chi connectivity index (χ3n) is 2.19. The van der Waals surface area contributed by atoms with Gasteiger partial charge in [0.05, 0.1) is 6.10 Å². The molecule has 0 amide bonds. The van der Waals surface area contributed by atoms with Gasteiger partial charge in [-0.3, -0.25) is 4.79 Å². The van der Waals surface area contributed by atoms with Crippen LogP contribution in [0.1, 0.15) is 47.0 Å². The molecule has 0 bridgehead atoms. The Morgan fingerprint density at radius 2 is 1.93 bits per heavy atom. The molecule has 0 aliphatic rings. The molecule has 1 N–H and O–H groups in total. The van der Waals surface area contributed by atoms with Gasteiger partial charge in [-0.15, -0.1) is 0 Å². The van der Waals surface area contributed by atoms with Gasteiger partial charge < -0.3 is 5.11 Å². The summed E-state index contributed by atoms with van der Waals surface area (Å²) in [5.74, 6) is 0.236. The average Bonchev–Trinajstić information content (AvgIpc) is 2.09. The van der Waals surface area contributed by atoms with E-state index in [9.17, 15) is 9.90 Å². The number of aliphatic hydroxyl groups is 1. The van der Waals surface area contributed by atoms with Crippen molar-refractivity contribution in [3.63, 3.8) is 0 Å². The summed E-state index contributed by atoms with van der Waals surface area (Å²) in [7, 11) is 0. The van der Waals surface area contributed by atoms with Gasteiger partial charge in [-0.2, -0.15) is 0 Å². The van der Waals surface area contributed by atoms with Crippen LogP contribution < -0.4 is 0 Å². The molecule has 2 nitrogen and oxygen atoms in total. The lowest BCUT2D eigenvalue weighted by atomic mass is 9.89. The Kier molecular flexibility index (Phi) is 5.70. The number of allylic oxidation sites excluding steroid dienone is 1. The van der Waals surface area contributed by atoms with Gasteiger partial charge >= 0.3 is 0 Å². The first-order valence-corrected chi connectivity index (χ1v) is 5.24. The quantitative estimate of drug-likeness (QED) is 0.690. The molecule has 0 aliphatic heterocycles. The highest BCUT2D eigenvalue weighted by molar-refractivity contribution is 5.84. The molecule has 0 saturated carbocycles. The molecule has 0 fully saturated rings. The maximum Gasteiger partial charge on any atom is 0.141 e. The molecule has 0 aromatic carbocycles. The molecule has 0 aliphatic carbocycles. The summed E-state index contributed by atoms with van der Waals surface area (Å²) in [6.07, 6.45) is 5.35. The second-order valence-electron chi connectivity index (χ2n) is 4.65. The third kappa shape index (κ3) is 5.92. The van der Waals surface area contributed by atoms with Gasteiger partial charge in [0.2, 0.25) is 0 Å². The molecule has 0 heterocycles. The van der Waals surface area contributed by atoms with E-state index < -0.39 is 0 Å². The van der Waals surface area contributed by atoms with Gasteiger partial charge in [-0.1, -0.05) is 39.8 Å². The van der Waals surface area contributed by atoms with Crippen molar-refractivity contribution in [2.75, 3.05) is 0 Å². The molecule has 0 spiro atoms. The lowest BCUT2D eigenvalue weighted by Gasteiger charge is -2.14. The monoisotopic (exact) mass is 198 g/mol. The molecule has 1 atom stereocenters. The minimum absolute atomic E-state index is 0.236. The lowest BCUT2D eigenvalue weighted by Crippen LogP contribution is -2.18. The smallest absolute Gasteiger partial charge is 0.141 e. The Labute approximate surface area is 87.0 Å². The Hall–Kier alpha value is -0.630. The van der Waals surface area contributed by atoms with Crippen molar-refractivity contribution in [3.05, 3.63) is 12.2 Å². The second kappa shape index (κ2) is 5.97.